The lowest BCUT2D eigenvalue weighted by Gasteiger charge is -2.32. The monoisotopic (exact) mass is 390 g/mol. The average Bonchev–Trinajstić information content (AvgIpc) is 2.76. The first-order chi connectivity index (χ1) is 14.1. The molecule has 2 aromatic heterocycles. The molecular formula is C23H23FN4O. The summed E-state index contributed by atoms with van der Waals surface area (Å²) in [6.07, 6.45) is 7.71. The van der Waals surface area contributed by atoms with Crippen molar-refractivity contribution in [3.63, 3.8) is 0 Å². The van der Waals surface area contributed by atoms with Crippen molar-refractivity contribution in [2.45, 2.75) is 32.1 Å². The van der Waals surface area contributed by atoms with Crippen molar-refractivity contribution in [2.75, 3.05) is 13.1 Å². The molecule has 3 aromatic rings. The second-order valence-electron chi connectivity index (χ2n) is 7.53. The third-order valence-corrected chi connectivity index (χ3v) is 5.30. The van der Waals surface area contributed by atoms with E-state index in [1.165, 1.54) is 12.1 Å². The summed E-state index contributed by atoms with van der Waals surface area (Å²) in [6.45, 7) is 3.22. The minimum atomic E-state index is -0.227. The predicted octanol–water partition coefficient (Wildman–Crippen LogP) is 3.93. The summed E-state index contributed by atoms with van der Waals surface area (Å²) >= 11 is 0. The molecule has 1 saturated heterocycles. The van der Waals surface area contributed by atoms with Gasteiger partial charge in [-0.25, -0.2) is 9.37 Å². The molecule has 0 N–H and O–H groups in total. The number of amides is 1. The Kier molecular flexibility index (Phi) is 5.60. The number of benzene rings is 1. The molecule has 6 heteroatoms. The topological polar surface area (TPSA) is 59.0 Å². The maximum absolute atomic E-state index is 13.1. The number of rotatable bonds is 4. The Balaban J connectivity index is 1.42. The number of aromatic nitrogens is 3. The molecule has 3 heterocycles. The molecule has 1 atom stereocenters. The van der Waals surface area contributed by atoms with E-state index < -0.39 is 0 Å². The smallest absolute Gasteiger partial charge is 0.274 e. The van der Waals surface area contributed by atoms with Crippen LogP contribution in [0.4, 0.5) is 4.39 Å². The molecule has 148 valence electrons. The maximum atomic E-state index is 13.1. The number of piperidine rings is 1. The minimum absolute atomic E-state index is 0.0740. The van der Waals surface area contributed by atoms with Gasteiger partial charge in [-0.05, 0) is 55.5 Å². The van der Waals surface area contributed by atoms with E-state index in [2.05, 4.69) is 21.0 Å². The minimum Gasteiger partial charge on any atom is -0.337 e. The Morgan fingerprint density at radius 1 is 1.03 bits per heavy atom. The molecule has 0 radical (unpaired) electrons. The molecule has 1 aliphatic rings. The summed E-state index contributed by atoms with van der Waals surface area (Å²) in [5.41, 5.74) is 4.32. The Hall–Kier alpha value is -3.15. The fourth-order valence-corrected chi connectivity index (χ4v) is 3.69. The Morgan fingerprint density at radius 3 is 2.52 bits per heavy atom. The van der Waals surface area contributed by atoms with Crippen molar-refractivity contribution in [1.29, 1.82) is 0 Å². The molecule has 0 aliphatic carbocycles. The Bertz CT molecular complexity index is 971. The van der Waals surface area contributed by atoms with Crippen LogP contribution in [0.3, 0.4) is 0 Å². The van der Waals surface area contributed by atoms with Gasteiger partial charge in [-0.2, -0.15) is 0 Å². The zero-order valence-electron chi connectivity index (χ0n) is 16.4. The van der Waals surface area contributed by atoms with Crippen molar-refractivity contribution in [2.24, 2.45) is 0 Å². The second kappa shape index (κ2) is 8.47. The van der Waals surface area contributed by atoms with E-state index in [1.807, 2.05) is 24.1 Å². The number of likely N-dealkylation sites (tertiary alicyclic amines) is 1. The van der Waals surface area contributed by atoms with Gasteiger partial charge in [0.2, 0.25) is 0 Å². The van der Waals surface area contributed by atoms with E-state index in [-0.39, 0.29) is 17.6 Å². The lowest BCUT2D eigenvalue weighted by molar-refractivity contribution is 0.0699. The van der Waals surface area contributed by atoms with Crippen LogP contribution in [-0.4, -0.2) is 38.8 Å². The summed E-state index contributed by atoms with van der Waals surface area (Å²) in [7, 11) is 0. The first-order valence-corrected chi connectivity index (χ1v) is 9.85. The molecule has 0 bridgehead atoms. The second-order valence-corrected chi connectivity index (χ2v) is 7.53. The molecule has 5 nitrogen and oxygen atoms in total. The fraction of sp³-hybridized carbons (Fsp3) is 0.304. The average molecular weight is 390 g/mol. The van der Waals surface area contributed by atoms with Crippen LogP contribution in [0.5, 0.6) is 0 Å². The van der Waals surface area contributed by atoms with Crippen LogP contribution in [0, 0.1) is 12.7 Å². The Morgan fingerprint density at radius 2 is 1.83 bits per heavy atom. The van der Waals surface area contributed by atoms with Gasteiger partial charge in [0.1, 0.15) is 11.5 Å². The van der Waals surface area contributed by atoms with E-state index in [0.717, 1.165) is 48.3 Å². The maximum Gasteiger partial charge on any atom is 0.274 e. The highest BCUT2D eigenvalue weighted by atomic mass is 19.1. The van der Waals surface area contributed by atoms with E-state index in [9.17, 15) is 9.18 Å². The van der Waals surface area contributed by atoms with Gasteiger partial charge in [0.05, 0.1) is 11.9 Å². The molecule has 1 fully saturated rings. The normalized spacial score (nSPS) is 16.6. The molecule has 0 unspecified atom stereocenters. The summed E-state index contributed by atoms with van der Waals surface area (Å²) in [5.74, 6) is -0.0867. The number of halogens is 1. The van der Waals surface area contributed by atoms with Crippen LogP contribution >= 0.6 is 0 Å². The van der Waals surface area contributed by atoms with Crippen LogP contribution in [0.1, 0.15) is 51.8 Å². The molecule has 1 amide bonds. The predicted molar refractivity (Wildman–Crippen MR) is 108 cm³/mol. The van der Waals surface area contributed by atoms with Crippen molar-refractivity contribution in [3.8, 4) is 0 Å². The van der Waals surface area contributed by atoms with Gasteiger partial charge < -0.3 is 4.90 Å². The molecule has 1 aromatic carbocycles. The van der Waals surface area contributed by atoms with Crippen LogP contribution in [0.15, 0.2) is 55.0 Å². The quantitative estimate of drug-likeness (QED) is 0.677. The van der Waals surface area contributed by atoms with E-state index in [0.29, 0.717) is 12.2 Å². The van der Waals surface area contributed by atoms with Gasteiger partial charge in [-0.1, -0.05) is 18.2 Å². The summed E-state index contributed by atoms with van der Waals surface area (Å²) in [5, 5.41) is 0. The molecular weight excluding hydrogens is 367 g/mol. The standard InChI is InChI=1S/C23H23FN4O/c1-16-12-26-22(14-25-16)23(29)28-10-2-3-19(15-28)21-9-6-18(13-27-21)11-17-4-7-20(24)8-5-17/h4-9,12-14,19H,2-3,10-11,15H2,1H3/t19-/m1/s1. The third-order valence-electron chi connectivity index (χ3n) is 5.30. The summed E-state index contributed by atoms with van der Waals surface area (Å²) in [4.78, 5) is 27.6. The lowest BCUT2D eigenvalue weighted by Crippen LogP contribution is -2.39. The summed E-state index contributed by atoms with van der Waals surface area (Å²) < 4.78 is 13.1. The van der Waals surface area contributed by atoms with Gasteiger partial charge in [0.15, 0.2) is 0 Å². The van der Waals surface area contributed by atoms with Crippen LogP contribution in [-0.2, 0) is 6.42 Å². The number of hydrogen-bond acceptors (Lipinski definition) is 4. The zero-order chi connectivity index (χ0) is 20.2. The van der Waals surface area contributed by atoms with Crippen LogP contribution < -0.4 is 0 Å². The number of aryl methyl sites for hydroxylation is 1. The highest BCUT2D eigenvalue weighted by molar-refractivity contribution is 5.92. The Labute approximate surface area is 169 Å². The summed E-state index contributed by atoms with van der Waals surface area (Å²) in [6, 6.07) is 10.6. The first kappa shape index (κ1) is 19.2. The van der Waals surface area contributed by atoms with Gasteiger partial charge in [0.25, 0.3) is 5.91 Å². The number of carbonyl (C=O) groups excluding carboxylic acids is 1. The fourth-order valence-electron chi connectivity index (χ4n) is 3.69. The lowest BCUT2D eigenvalue weighted by atomic mass is 9.93. The molecule has 0 saturated carbocycles. The molecule has 29 heavy (non-hydrogen) atoms. The molecule has 4 rings (SSSR count). The van der Waals surface area contributed by atoms with Gasteiger partial charge in [-0.15, -0.1) is 0 Å². The van der Waals surface area contributed by atoms with Crippen LogP contribution in [0.25, 0.3) is 0 Å². The van der Waals surface area contributed by atoms with E-state index >= 15 is 0 Å². The van der Waals surface area contributed by atoms with Gasteiger partial charge >= 0.3 is 0 Å². The molecule has 1 aliphatic heterocycles. The van der Waals surface area contributed by atoms with Crippen molar-refractivity contribution in [3.05, 3.63) is 89.0 Å². The van der Waals surface area contributed by atoms with Crippen molar-refractivity contribution >= 4 is 5.91 Å². The van der Waals surface area contributed by atoms with E-state index in [4.69, 9.17) is 0 Å². The number of hydrogen-bond donors (Lipinski definition) is 0. The van der Waals surface area contributed by atoms with Gasteiger partial charge in [-0.3, -0.25) is 14.8 Å². The zero-order valence-corrected chi connectivity index (χ0v) is 16.4. The number of carbonyl (C=O) groups is 1. The SMILES string of the molecule is Cc1cnc(C(=O)N2CCC[C@@H](c3ccc(Cc4ccc(F)cc4)cn3)C2)cn1. The van der Waals surface area contributed by atoms with Crippen molar-refractivity contribution in [1.82, 2.24) is 19.9 Å². The van der Waals surface area contributed by atoms with Crippen molar-refractivity contribution < 1.29 is 9.18 Å². The third kappa shape index (κ3) is 4.65. The molecule has 0 spiro atoms. The van der Waals surface area contributed by atoms with Crippen LogP contribution in [0.2, 0.25) is 0 Å². The van der Waals surface area contributed by atoms with Gasteiger partial charge in [0, 0.05) is 37.1 Å². The largest absolute Gasteiger partial charge is 0.337 e. The number of nitrogens with zero attached hydrogens (tertiary/aromatic N) is 4. The van der Waals surface area contributed by atoms with E-state index in [1.54, 1.807) is 24.5 Å². The highest BCUT2D eigenvalue weighted by Crippen LogP contribution is 2.26. The number of pyridine rings is 1. The highest BCUT2D eigenvalue weighted by Gasteiger charge is 2.27. The first-order valence-electron chi connectivity index (χ1n) is 9.85.